The van der Waals surface area contributed by atoms with Crippen molar-refractivity contribution in [1.29, 1.82) is 0 Å². The van der Waals surface area contributed by atoms with E-state index in [1.165, 1.54) is 30.8 Å². The van der Waals surface area contributed by atoms with Crippen LogP contribution in [0.3, 0.4) is 0 Å². The van der Waals surface area contributed by atoms with Crippen molar-refractivity contribution in [2.75, 3.05) is 18.9 Å². The molecular formula is C32H37N3O8S. The highest BCUT2D eigenvalue weighted by atomic mass is 32.2. The Hall–Kier alpha value is -4.45. The molecule has 0 fully saturated rings. The minimum atomic E-state index is -0.838. The Morgan fingerprint density at radius 2 is 1.52 bits per heavy atom. The van der Waals surface area contributed by atoms with Crippen LogP contribution in [0, 0.1) is 0 Å². The number of ether oxygens (including phenoxy) is 1. The number of alkyl carbamates (subject to hydrolysis) is 1. The molecule has 0 aliphatic heterocycles. The Balaban J connectivity index is 1.23. The van der Waals surface area contributed by atoms with Gasteiger partial charge in [0.1, 0.15) is 12.6 Å². The molecule has 1 aliphatic carbocycles. The number of rotatable bonds is 15. The van der Waals surface area contributed by atoms with Crippen molar-refractivity contribution in [3.63, 3.8) is 0 Å². The monoisotopic (exact) mass is 623 g/mol. The van der Waals surface area contributed by atoms with Crippen LogP contribution in [0.1, 0.15) is 62.5 Å². The summed E-state index contributed by atoms with van der Waals surface area (Å²) in [6.07, 6.45) is 1.91. The first kappa shape index (κ1) is 32.5. The second-order valence-corrected chi connectivity index (χ2v) is 11.7. The number of hydrogen-bond acceptors (Lipinski definition) is 9. The molecule has 1 heterocycles. The lowest BCUT2D eigenvalue weighted by atomic mass is 9.98. The van der Waals surface area contributed by atoms with Crippen molar-refractivity contribution in [2.24, 2.45) is 0 Å². The Kier molecular flexibility index (Phi) is 11.7. The Labute approximate surface area is 259 Å². The van der Waals surface area contributed by atoms with E-state index >= 15 is 0 Å². The maximum absolute atomic E-state index is 13.0. The summed E-state index contributed by atoms with van der Waals surface area (Å²) < 4.78 is 6.27. The molecule has 2 aromatic carbocycles. The molecule has 3 aromatic rings. The fraction of sp³-hybridized carbons (Fsp3) is 0.375. The first-order chi connectivity index (χ1) is 21.2. The normalized spacial score (nSPS) is 12.6. The van der Waals surface area contributed by atoms with Crippen molar-refractivity contribution in [3.05, 3.63) is 71.8 Å². The van der Waals surface area contributed by atoms with Gasteiger partial charge in [0.25, 0.3) is 0 Å². The molecule has 0 bridgehead atoms. The van der Waals surface area contributed by atoms with E-state index in [0.29, 0.717) is 49.1 Å². The number of nitrogens with zero attached hydrogens (tertiary/aromatic N) is 1. The molecule has 11 nitrogen and oxygen atoms in total. The number of aromatic nitrogens is 1. The van der Waals surface area contributed by atoms with Crippen LogP contribution in [0.2, 0.25) is 0 Å². The van der Waals surface area contributed by atoms with Crippen LogP contribution in [0.5, 0.6) is 11.8 Å². The molecular weight excluding hydrogens is 586 g/mol. The number of carbonyl (C=O) groups excluding carboxylic acids is 4. The number of unbranched alkanes of at least 4 members (excludes halogenated alkanes) is 2. The smallest absolute Gasteiger partial charge is 0.407 e. The molecule has 1 atom stereocenters. The van der Waals surface area contributed by atoms with E-state index in [1.807, 2.05) is 36.4 Å². The summed E-state index contributed by atoms with van der Waals surface area (Å²) in [6, 6.07) is 17.6. The van der Waals surface area contributed by atoms with Gasteiger partial charge in [0.15, 0.2) is 5.12 Å². The molecule has 12 heteroatoms. The predicted octanol–water partition coefficient (Wildman–Crippen LogP) is 4.50. The molecule has 44 heavy (non-hydrogen) atoms. The van der Waals surface area contributed by atoms with Crippen molar-refractivity contribution in [2.45, 2.75) is 57.4 Å². The lowest BCUT2D eigenvalue weighted by molar-refractivity contribution is -0.145. The van der Waals surface area contributed by atoms with Gasteiger partial charge in [-0.1, -0.05) is 66.7 Å². The number of hydrogen-bond donors (Lipinski definition) is 4. The zero-order valence-electron chi connectivity index (χ0n) is 24.5. The van der Waals surface area contributed by atoms with Crippen LogP contribution in [-0.4, -0.2) is 63.0 Å². The third-order valence-electron chi connectivity index (χ3n) is 7.24. The summed E-state index contributed by atoms with van der Waals surface area (Å²) >= 11 is 1.17. The summed E-state index contributed by atoms with van der Waals surface area (Å²) in [5, 5.41) is 24.6. The average Bonchev–Trinajstić information content (AvgIpc) is 3.50. The summed E-state index contributed by atoms with van der Waals surface area (Å²) in [4.78, 5) is 54.0. The van der Waals surface area contributed by atoms with Gasteiger partial charge in [-0.3, -0.25) is 9.59 Å². The van der Waals surface area contributed by atoms with Crippen LogP contribution >= 0.6 is 11.8 Å². The number of amides is 2. The number of benzene rings is 2. The third-order valence-corrected chi connectivity index (χ3v) is 8.14. The zero-order valence-corrected chi connectivity index (χ0v) is 25.3. The quantitative estimate of drug-likeness (QED) is 0.179. The van der Waals surface area contributed by atoms with Gasteiger partial charge in [0, 0.05) is 43.7 Å². The average molecular weight is 624 g/mol. The number of aromatic hydroxyl groups is 2. The lowest BCUT2D eigenvalue weighted by Gasteiger charge is -2.20. The first-order valence-corrected chi connectivity index (χ1v) is 15.6. The number of nitrogens with one attached hydrogen (secondary N) is 2. The van der Waals surface area contributed by atoms with Gasteiger partial charge in [0.05, 0.1) is 0 Å². The highest BCUT2D eigenvalue weighted by Gasteiger charge is 2.29. The number of thioether (sulfide) groups is 1. The van der Waals surface area contributed by atoms with Crippen LogP contribution in [0.25, 0.3) is 11.1 Å². The van der Waals surface area contributed by atoms with Crippen molar-refractivity contribution >= 4 is 34.8 Å². The summed E-state index contributed by atoms with van der Waals surface area (Å²) in [5.74, 6) is -1.33. The molecule has 4 N–H and O–H groups in total. The minimum Gasteiger partial charge on any atom is -0.492 e. The maximum atomic E-state index is 13.0. The fourth-order valence-electron chi connectivity index (χ4n) is 5.10. The van der Waals surface area contributed by atoms with E-state index in [2.05, 4.69) is 22.8 Å². The van der Waals surface area contributed by atoms with Crippen molar-refractivity contribution < 1.29 is 39.0 Å². The van der Waals surface area contributed by atoms with E-state index in [9.17, 15) is 29.4 Å². The first-order valence-electron chi connectivity index (χ1n) is 14.6. The second kappa shape index (κ2) is 15.9. The predicted molar refractivity (Wildman–Crippen MR) is 165 cm³/mol. The third kappa shape index (κ3) is 8.79. The highest BCUT2D eigenvalue weighted by molar-refractivity contribution is 8.13. The summed E-state index contributed by atoms with van der Waals surface area (Å²) in [7, 11) is 0. The van der Waals surface area contributed by atoms with Gasteiger partial charge in [-0.15, -0.1) is 4.73 Å². The molecule has 234 valence electrons. The fourth-order valence-corrected chi connectivity index (χ4v) is 5.70. The lowest BCUT2D eigenvalue weighted by Crippen LogP contribution is -2.47. The molecule has 1 aromatic heterocycles. The topological polar surface area (TPSA) is 156 Å². The summed E-state index contributed by atoms with van der Waals surface area (Å²) in [6.45, 7) is 1.94. The van der Waals surface area contributed by atoms with E-state index in [-0.39, 0.29) is 41.7 Å². The highest BCUT2D eigenvalue weighted by Crippen LogP contribution is 2.44. The Bertz CT molecular complexity index is 1410. The van der Waals surface area contributed by atoms with Gasteiger partial charge in [-0.05, 0) is 47.9 Å². The Morgan fingerprint density at radius 3 is 2.16 bits per heavy atom. The van der Waals surface area contributed by atoms with Crippen LogP contribution in [-0.2, 0) is 19.1 Å². The molecule has 1 unspecified atom stereocenters. The van der Waals surface area contributed by atoms with E-state index in [4.69, 9.17) is 9.57 Å². The van der Waals surface area contributed by atoms with E-state index < -0.39 is 18.1 Å². The number of carbonyl (C=O) groups is 4. The largest absolute Gasteiger partial charge is 0.492 e. The standard InChI is InChI=1S/C32H37N3O8S/c1-21(36)44-19-9-14-27(31(40)33-18-8-2-3-15-30(39)43-35-28(37)16-17-29(35)38)34-32(41)42-20-26-24-12-6-4-10-22(24)23-11-5-7-13-25(23)26/h4-7,10-13,16-17,26-27,37-38H,2-3,8-9,14-15,18-20H2,1H3,(H,33,40)(H,34,41). The van der Waals surface area contributed by atoms with Gasteiger partial charge in [-0.2, -0.15) is 0 Å². The van der Waals surface area contributed by atoms with Crippen LogP contribution in [0.15, 0.2) is 60.7 Å². The second-order valence-electron chi connectivity index (χ2n) is 10.4. The van der Waals surface area contributed by atoms with E-state index in [1.54, 1.807) is 0 Å². The van der Waals surface area contributed by atoms with Crippen LogP contribution in [0.4, 0.5) is 4.79 Å². The van der Waals surface area contributed by atoms with Gasteiger partial charge < -0.3 is 30.4 Å². The Morgan fingerprint density at radius 1 is 0.886 bits per heavy atom. The zero-order chi connectivity index (χ0) is 31.5. The van der Waals surface area contributed by atoms with Gasteiger partial charge >= 0.3 is 12.1 Å². The molecule has 0 saturated heterocycles. The van der Waals surface area contributed by atoms with Crippen LogP contribution < -0.4 is 15.5 Å². The molecule has 0 saturated carbocycles. The number of fused-ring (bicyclic) bond motifs is 3. The van der Waals surface area contributed by atoms with Gasteiger partial charge in [-0.25, -0.2) is 9.59 Å². The SMILES string of the molecule is CC(=O)SCCCC(NC(=O)OCC1c2ccccc2-c2ccccc21)C(=O)NCCCCCC(=O)On1c(O)ccc1O. The molecule has 0 radical (unpaired) electrons. The van der Waals surface area contributed by atoms with Gasteiger partial charge in [0.2, 0.25) is 17.7 Å². The maximum Gasteiger partial charge on any atom is 0.407 e. The molecule has 2 amide bonds. The summed E-state index contributed by atoms with van der Waals surface area (Å²) in [5.41, 5.74) is 4.42. The molecule has 1 aliphatic rings. The van der Waals surface area contributed by atoms with Crippen molar-refractivity contribution in [3.8, 4) is 22.9 Å². The molecule has 0 spiro atoms. The minimum absolute atomic E-state index is 0.0126. The molecule has 4 rings (SSSR count). The van der Waals surface area contributed by atoms with Crippen molar-refractivity contribution in [1.82, 2.24) is 15.4 Å². The van der Waals surface area contributed by atoms with E-state index in [0.717, 1.165) is 22.3 Å².